The fourth-order valence-corrected chi connectivity index (χ4v) is 6.39. The van der Waals surface area contributed by atoms with Crippen molar-refractivity contribution in [1.29, 1.82) is 0 Å². The van der Waals surface area contributed by atoms with Crippen LogP contribution >= 0.6 is 11.6 Å². The molecule has 0 fully saturated rings. The molecule has 236 valence electrons. The lowest BCUT2D eigenvalue weighted by molar-refractivity contribution is -0.140. The molecule has 4 aromatic carbocycles. The molecule has 0 heterocycles. The van der Waals surface area contributed by atoms with E-state index in [0.29, 0.717) is 23.9 Å². The highest BCUT2D eigenvalue weighted by Gasteiger charge is 2.34. The number of amides is 2. The van der Waals surface area contributed by atoms with Crippen molar-refractivity contribution in [3.63, 3.8) is 0 Å². The van der Waals surface area contributed by atoms with Crippen molar-refractivity contribution in [2.45, 2.75) is 44.2 Å². The van der Waals surface area contributed by atoms with E-state index in [0.717, 1.165) is 21.9 Å². The summed E-state index contributed by atoms with van der Waals surface area (Å²) in [5, 5.41) is 3.48. The lowest BCUT2D eigenvalue weighted by atomic mass is 10.0. The molecule has 8 nitrogen and oxygen atoms in total. The van der Waals surface area contributed by atoms with Crippen molar-refractivity contribution in [2.24, 2.45) is 0 Å². The Morgan fingerprint density at radius 1 is 0.822 bits per heavy atom. The van der Waals surface area contributed by atoms with Crippen LogP contribution < -0.4 is 14.4 Å². The van der Waals surface area contributed by atoms with E-state index in [-0.39, 0.29) is 29.5 Å². The van der Waals surface area contributed by atoms with Crippen molar-refractivity contribution in [3.8, 4) is 5.75 Å². The van der Waals surface area contributed by atoms with Gasteiger partial charge in [-0.3, -0.25) is 13.9 Å². The average molecular weight is 648 g/mol. The molecule has 0 unspecified atom stereocenters. The highest BCUT2D eigenvalue weighted by atomic mass is 35.5. The zero-order valence-corrected chi connectivity index (χ0v) is 27.0. The first-order valence-corrected chi connectivity index (χ1v) is 16.7. The third kappa shape index (κ3) is 9.09. The molecule has 0 spiro atoms. The van der Waals surface area contributed by atoms with Crippen LogP contribution in [0.3, 0.4) is 0 Å². The number of nitrogens with zero attached hydrogens (tertiary/aromatic N) is 2. The predicted molar refractivity (Wildman–Crippen MR) is 178 cm³/mol. The maximum Gasteiger partial charge on any atom is 0.264 e. The van der Waals surface area contributed by atoms with Gasteiger partial charge in [-0.25, -0.2) is 8.42 Å². The molecule has 0 aliphatic rings. The van der Waals surface area contributed by atoms with Gasteiger partial charge in [0.1, 0.15) is 18.3 Å². The minimum absolute atomic E-state index is 0.0393. The zero-order valence-electron chi connectivity index (χ0n) is 25.4. The van der Waals surface area contributed by atoms with Crippen LogP contribution in [0.2, 0.25) is 5.02 Å². The van der Waals surface area contributed by atoms with E-state index in [4.69, 9.17) is 16.3 Å². The number of nitrogens with one attached hydrogen (secondary N) is 1. The summed E-state index contributed by atoms with van der Waals surface area (Å²) in [5.41, 5.74) is 1.90. The normalized spacial score (nSPS) is 11.8. The van der Waals surface area contributed by atoms with Crippen molar-refractivity contribution >= 4 is 39.1 Å². The molecule has 0 aliphatic carbocycles. The SMILES string of the molecule is CCCNC(=O)[C@H](Cc1ccccc1)N(Cc1ccc(Cl)cc1)C(=O)CN(c1ccc(OCC)cc1)S(=O)(=O)c1ccccc1. The number of benzene rings is 4. The van der Waals surface area contributed by atoms with Crippen molar-refractivity contribution in [3.05, 3.63) is 125 Å². The van der Waals surface area contributed by atoms with Crippen LogP contribution in [0.1, 0.15) is 31.4 Å². The quantitative estimate of drug-likeness (QED) is 0.168. The molecule has 0 aliphatic heterocycles. The summed E-state index contributed by atoms with van der Waals surface area (Å²) in [5.74, 6) is -0.281. The summed E-state index contributed by atoms with van der Waals surface area (Å²) in [6.45, 7) is 4.23. The number of anilines is 1. The number of sulfonamides is 1. The fourth-order valence-electron chi connectivity index (χ4n) is 4.83. The molecule has 0 saturated heterocycles. The van der Waals surface area contributed by atoms with Gasteiger partial charge in [-0.15, -0.1) is 0 Å². The van der Waals surface area contributed by atoms with E-state index in [9.17, 15) is 18.0 Å². The Morgan fingerprint density at radius 2 is 1.44 bits per heavy atom. The lowest BCUT2D eigenvalue weighted by Gasteiger charge is -2.34. The van der Waals surface area contributed by atoms with Crippen LogP contribution in [0, 0.1) is 0 Å². The van der Waals surface area contributed by atoms with Crippen molar-refractivity contribution in [2.75, 3.05) is 24.0 Å². The number of carbonyl (C=O) groups excluding carboxylic acids is 2. The van der Waals surface area contributed by atoms with Crippen LogP contribution in [0.5, 0.6) is 5.75 Å². The Kier molecular flexibility index (Phi) is 12.0. The number of ether oxygens (including phenoxy) is 1. The van der Waals surface area contributed by atoms with Crippen LogP contribution in [-0.2, 0) is 32.6 Å². The van der Waals surface area contributed by atoms with Gasteiger partial charge in [-0.2, -0.15) is 0 Å². The molecule has 0 bridgehead atoms. The molecular weight excluding hydrogens is 610 g/mol. The van der Waals surface area contributed by atoms with Gasteiger partial charge in [0.2, 0.25) is 11.8 Å². The number of hydrogen-bond donors (Lipinski definition) is 1. The molecule has 45 heavy (non-hydrogen) atoms. The van der Waals surface area contributed by atoms with Gasteiger partial charge in [0.25, 0.3) is 10.0 Å². The first-order chi connectivity index (χ1) is 21.7. The summed E-state index contributed by atoms with van der Waals surface area (Å²) in [6, 6.07) is 30.0. The smallest absolute Gasteiger partial charge is 0.264 e. The third-order valence-electron chi connectivity index (χ3n) is 7.13. The topological polar surface area (TPSA) is 96.0 Å². The van der Waals surface area contributed by atoms with Crippen molar-refractivity contribution < 1.29 is 22.7 Å². The summed E-state index contributed by atoms with van der Waals surface area (Å²) < 4.78 is 34.8. The van der Waals surface area contributed by atoms with Gasteiger partial charge in [0.05, 0.1) is 17.2 Å². The van der Waals surface area contributed by atoms with E-state index in [2.05, 4.69) is 5.32 Å². The van der Waals surface area contributed by atoms with Crippen LogP contribution in [0.4, 0.5) is 5.69 Å². The fraction of sp³-hybridized carbons (Fsp3) is 0.257. The lowest BCUT2D eigenvalue weighted by Crippen LogP contribution is -2.53. The second-order valence-electron chi connectivity index (χ2n) is 10.4. The highest BCUT2D eigenvalue weighted by Crippen LogP contribution is 2.27. The Morgan fingerprint density at radius 3 is 2.04 bits per heavy atom. The molecule has 1 atom stereocenters. The Bertz CT molecular complexity index is 1630. The van der Waals surface area contributed by atoms with Gasteiger partial charge in [-0.1, -0.05) is 79.2 Å². The molecule has 0 radical (unpaired) electrons. The van der Waals surface area contributed by atoms with Crippen molar-refractivity contribution in [1.82, 2.24) is 10.2 Å². The number of carbonyl (C=O) groups is 2. The monoisotopic (exact) mass is 647 g/mol. The van der Waals surface area contributed by atoms with Crippen LogP contribution in [0.25, 0.3) is 0 Å². The van der Waals surface area contributed by atoms with Gasteiger partial charge in [0.15, 0.2) is 0 Å². The van der Waals surface area contributed by atoms with Gasteiger partial charge in [0, 0.05) is 24.5 Å². The van der Waals surface area contributed by atoms with E-state index in [1.165, 1.54) is 17.0 Å². The molecule has 10 heteroatoms. The molecule has 1 N–H and O–H groups in total. The maximum atomic E-state index is 14.4. The molecule has 0 saturated carbocycles. The zero-order chi connectivity index (χ0) is 32.2. The molecule has 0 aromatic heterocycles. The van der Waals surface area contributed by atoms with Crippen LogP contribution in [-0.4, -0.2) is 50.9 Å². The maximum absolute atomic E-state index is 14.4. The Hall–Kier alpha value is -4.34. The molecule has 2 amide bonds. The third-order valence-corrected chi connectivity index (χ3v) is 9.17. The van der Waals surface area contributed by atoms with E-state index >= 15 is 0 Å². The van der Waals surface area contributed by atoms with Crippen LogP contribution in [0.15, 0.2) is 114 Å². The van der Waals surface area contributed by atoms with E-state index in [1.807, 2.05) is 44.2 Å². The van der Waals surface area contributed by atoms with E-state index < -0.39 is 28.5 Å². The molecule has 4 aromatic rings. The number of hydrogen-bond acceptors (Lipinski definition) is 5. The standard InChI is InChI=1S/C35H38ClN3O5S/c1-3-23-37-35(41)33(24-27-11-7-5-8-12-27)38(25-28-15-17-29(36)18-16-28)34(40)26-39(30-19-21-31(22-20-30)44-4-2)45(42,43)32-13-9-6-10-14-32/h5-22,33H,3-4,23-26H2,1-2H3,(H,37,41)/t33-/m0/s1. The van der Waals surface area contributed by atoms with E-state index in [1.54, 1.807) is 66.7 Å². The Balaban J connectivity index is 1.78. The van der Waals surface area contributed by atoms with Gasteiger partial charge >= 0.3 is 0 Å². The summed E-state index contributed by atoms with van der Waals surface area (Å²) in [6.07, 6.45) is 0.958. The van der Waals surface area contributed by atoms with Gasteiger partial charge in [-0.05, 0) is 73.0 Å². The van der Waals surface area contributed by atoms with Gasteiger partial charge < -0.3 is 15.0 Å². The summed E-state index contributed by atoms with van der Waals surface area (Å²) in [7, 11) is -4.18. The second kappa shape index (κ2) is 16.1. The molecular formula is C35H38ClN3O5S. The minimum Gasteiger partial charge on any atom is -0.494 e. The largest absolute Gasteiger partial charge is 0.494 e. The molecule has 4 rings (SSSR count). The first kappa shape index (κ1) is 33.6. The summed E-state index contributed by atoms with van der Waals surface area (Å²) >= 11 is 6.14. The number of halogens is 1. The minimum atomic E-state index is -4.18. The summed E-state index contributed by atoms with van der Waals surface area (Å²) in [4.78, 5) is 29.6. The predicted octanol–water partition coefficient (Wildman–Crippen LogP) is 6.10. The average Bonchev–Trinajstić information content (AvgIpc) is 3.06. The number of rotatable bonds is 15. The second-order valence-corrected chi connectivity index (χ2v) is 12.7. The Labute approximate surface area is 270 Å². The first-order valence-electron chi connectivity index (χ1n) is 14.9. The highest BCUT2D eigenvalue weighted by molar-refractivity contribution is 7.92.